The SMILES string of the molecule is Cc1nc2cc(SCc3ccc(Cl)cc3)c(N)cc2s1. The topological polar surface area (TPSA) is 38.9 Å². The Labute approximate surface area is 131 Å². The molecule has 0 saturated heterocycles. The second-order valence-electron chi connectivity index (χ2n) is 4.51. The summed E-state index contributed by atoms with van der Waals surface area (Å²) in [6.07, 6.45) is 0. The molecule has 3 aromatic rings. The zero-order valence-corrected chi connectivity index (χ0v) is 13.3. The molecule has 0 aliphatic rings. The minimum atomic E-state index is 0.762. The van der Waals surface area contributed by atoms with Gasteiger partial charge in [0.15, 0.2) is 0 Å². The number of thiazole rings is 1. The van der Waals surface area contributed by atoms with E-state index in [1.165, 1.54) is 5.56 Å². The highest BCUT2D eigenvalue weighted by atomic mass is 35.5. The Hall–Kier alpha value is -1.23. The number of hydrogen-bond donors (Lipinski definition) is 1. The van der Waals surface area contributed by atoms with Crippen molar-refractivity contribution >= 4 is 50.6 Å². The molecule has 0 unspecified atom stereocenters. The van der Waals surface area contributed by atoms with Crippen molar-refractivity contribution in [2.75, 3.05) is 5.73 Å². The molecule has 20 heavy (non-hydrogen) atoms. The van der Waals surface area contributed by atoms with Gasteiger partial charge in [0.1, 0.15) is 0 Å². The van der Waals surface area contributed by atoms with E-state index in [2.05, 4.69) is 11.1 Å². The normalized spacial score (nSPS) is 11.1. The molecule has 0 radical (unpaired) electrons. The van der Waals surface area contributed by atoms with Gasteiger partial charge >= 0.3 is 0 Å². The van der Waals surface area contributed by atoms with Gasteiger partial charge in [-0.05, 0) is 36.8 Å². The second-order valence-corrected chi connectivity index (χ2v) is 7.19. The van der Waals surface area contributed by atoms with Crippen molar-refractivity contribution in [3.63, 3.8) is 0 Å². The van der Waals surface area contributed by atoms with E-state index in [1.807, 2.05) is 37.3 Å². The maximum atomic E-state index is 6.12. The van der Waals surface area contributed by atoms with Crippen molar-refractivity contribution in [2.45, 2.75) is 17.6 Å². The molecular formula is C15H13ClN2S2. The number of hydrogen-bond acceptors (Lipinski definition) is 4. The number of nitrogens with two attached hydrogens (primary N) is 1. The molecule has 1 heterocycles. The van der Waals surface area contributed by atoms with E-state index in [4.69, 9.17) is 17.3 Å². The van der Waals surface area contributed by atoms with Gasteiger partial charge in [0, 0.05) is 21.4 Å². The minimum Gasteiger partial charge on any atom is -0.398 e. The molecule has 102 valence electrons. The summed E-state index contributed by atoms with van der Waals surface area (Å²) in [4.78, 5) is 5.59. The molecule has 0 amide bonds. The average molecular weight is 321 g/mol. The van der Waals surface area contributed by atoms with Gasteiger partial charge < -0.3 is 5.73 Å². The second kappa shape index (κ2) is 5.64. The van der Waals surface area contributed by atoms with Crippen molar-refractivity contribution in [3.05, 3.63) is 52.0 Å². The molecule has 0 atom stereocenters. The lowest BCUT2D eigenvalue weighted by atomic mass is 10.2. The molecule has 2 N–H and O–H groups in total. The van der Waals surface area contributed by atoms with Crippen LogP contribution in [0.25, 0.3) is 10.2 Å². The number of anilines is 1. The first-order valence-corrected chi connectivity index (χ1v) is 8.34. The van der Waals surface area contributed by atoms with Gasteiger partial charge in [0.2, 0.25) is 0 Å². The van der Waals surface area contributed by atoms with Crippen LogP contribution in [0.5, 0.6) is 0 Å². The predicted molar refractivity (Wildman–Crippen MR) is 89.8 cm³/mol. The maximum Gasteiger partial charge on any atom is 0.0907 e. The highest BCUT2D eigenvalue weighted by molar-refractivity contribution is 7.98. The van der Waals surface area contributed by atoms with Crippen molar-refractivity contribution < 1.29 is 0 Å². The zero-order chi connectivity index (χ0) is 14.1. The van der Waals surface area contributed by atoms with E-state index < -0.39 is 0 Å². The van der Waals surface area contributed by atoms with Crippen LogP contribution in [0.1, 0.15) is 10.6 Å². The van der Waals surface area contributed by atoms with Crippen LogP contribution in [0, 0.1) is 6.92 Å². The van der Waals surface area contributed by atoms with E-state index in [9.17, 15) is 0 Å². The highest BCUT2D eigenvalue weighted by Gasteiger charge is 2.07. The third kappa shape index (κ3) is 2.92. The van der Waals surface area contributed by atoms with E-state index in [1.54, 1.807) is 23.1 Å². The Balaban J connectivity index is 1.83. The lowest BCUT2D eigenvalue weighted by Crippen LogP contribution is -1.89. The Morgan fingerprint density at radius 2 is 2.00 bits per heavy atom. The van der Waals surface area contributed by atoms with E-state index in [0.29, 0.717) is 0 Å². The standard InChI is InChI=1S/C15H13ClN2S2/c1-9-18-13-7-14(12(17)6-15(13)20-9)19-8-10-2-4-11(16)5-3-10/h2-7H,8,17H2,1H3. The summed E-state index contributed by atoms with van der Waals surface area (Å²) in [7, 11) is 0. The molecule has 3 rings (SSSR count). The summed E-state index contributed by atoms with van der Waals surface area (Å²) in [5.74, 6) is 0.871. The zero-order valence-electron chi connectivity index (χ0n) is 10.9. The molecule has 0 bridgehead atoms. The number of thioether (sulfide) groups is 1. The van der Waals surface area contributed by atoms with Crippen molar-refractivity contribution in [2.24, 2.45) is 0 Å². The number of aryl methyl sites for hydroxylation is 1. The van der Waals surface area contributed by atoms with Gasteiger partial charge in [-0.1, -0.05) is 23.7 Å². The largest absolute Gasteiger partial charge is 0.398 e. The van der Waals surface area contributed by atoms with Crippen molar-refractivity contribution in [1.29, 1.82) is 0 Å². The number of halogens is 1. The Kier molecular flexibility index (Phi) is 3.87. The van der Waals surface area contributed by atoms with Crippen LogP contribution < -0.4 is 5.73 Å². The Morgan fingerprint density at radius 3 is 2.75 bits per heavy atom. The van der Waals surface area contributed by atoms with Crippen LogP contribution in [0.4, 0.5) is 5.69 Å². The molecule has 0 aliphatic heterocycles. The number of rotatable bonds is 3. The molecule has 0 fully saturated rings. The van der Waals surface area contributed by atoms with Crippen LogP contribution >= 0.6 is 34.7 Å². The molecule has 0 aliphatic carbocycles. The maximum absolute atomic E-state index is 6.12. The monoisotopic (exact) mass is 320 g/mol. The van der Waals surface area contributed by atoms with Gasteiger partial charge in [-0.3, -0.25) is 0 Å². The fourth-order valence-corrected chi connectivity index (χ4v) is 3.87. The highest BCUT2D eigenvalue weighted by Crippen LogP contribution is 2.34. The fraction of sp³-hybridized carbons (Fsp3) is 0.133. The third-order valence-corrected chi connectivity index (χ3v) is 5.26. The molecule has 5 heteroatoms. The third-order valence-electron chi connectivity index (χ3n) is 2.93. The van der Waals surface area contributed by atoms with E-state index in [-0.39, 0.29) is 0 Å². The summed E-state index contributed by atoms with van der Waals surface area (Å²) in [6.45, 7) is 2.02. The van der Waals surface area contributed by atoms with E-state index in [0.717, 1.165) is 36.6 Å². The van der Waals surface area contributed by atoms with Crippen LogP contribution in [-0.4, -0.2) is 4.98 Å². The molecule has 2 aromatic carbocycles. The van der Waals surface area contributed by atoms with Gasteiger partial charge in [-0.25, -0.2) is 4.98 Å². The molecular weight excluding hydrogens is 308 g/mol. The van der Waals surface area contributed by atoms with Gasteiger partial charge in [0.25, 0.3) is 0 Å². The average Bonchev–Trinajstić information content (AvgIpc) is 2.77. The lowest BCUT2D eigenvalue weighted by molar-refractivity contribution is 1.33. The van der Waals surface area contributed by atoms with Gasteiger partial charge in [0.05, 0.1) is 15.2 Å². The van der Waals surface area contributed by atoms with Crippen LogP contribution in [0.3, 0.4) is 0 Å². The summed E-state index contributed by atoms with van der Waals surface area (Å²) < 4.78 is 1.15. The molecule has 0 saturated carbocycles. The molecule has 1 aromatic heterocycles. The number of nitrogen functional groups attached to an aromatic ring is 1. The Morgan fingerprint density at radius 1 is 1.25 bits per heavy atom. The van der Waals surface area contributed by atoms with Crippen LogP contribution in [0.2, 0.25) is 5.02 Å². The minimum absolute atomic E-state index is 0.762. The first-order chi connectivity index (χ1) is 9.61. The first-order valence-electron chi connectivity index (χ1n) is 6.16. The summed E-state index contributed by atoms with van der Waals surface area (Å²) >= 11 is 9.29. The molecule has 0 spiro atoms. The quantitative estimate of drug-likeness (QED) is 0.537. The summed E-state index contributed by atoms with van der Waals surface area (Å²) in [5.41, 5.74) is 9.20. The lowest BCUT2D eigenvalue weighted by Gasteiger charge is -2.06. The van der Waals surface area contributed by atoms with Crippen LogP contribution in [0.15, 0.2) is 41.3 Å². The predicted octanol–water partition coefficient (Wildman–Crippen LogP) is 5.13. The van der Waals surface area contributed by atoms with Crippen LogP contribution in [-0.2, 0) is 5.75 Å². The number of fused-ring (bicyclic) bond motifs is 1. The smallest absolute Gasteiger partial charge is 0.0907 e. The molecule has 2 nitrogen and oxygen atoms in total. The number of aromatic nitrogens is 1. The van der Waals surface area contributed by atoms with E-state index >= 15 is 0 Å². The summed E-state index contributed by atoms with van der Waals surface area (Å²) in [6, 6.07) is 12.0. The number of benzene rings is 2. The fourth-order valence-electron chi connectivity index (χ4n) is 1.95. The Bertz CT molecular complexity index is 750. The first kappa shape index (κ1) is 13.7. The van der Waals surface area contributed by atoms with Crippen molar-refractivity contribution in [3.8, 4) is 0 Å². The van der Waals surface area contributed by atoms with Crippen molar-refractivity contribution in [1.82, 2.24) is 4.98 Å². The van der Waals surface area contributed by atoms with Gasteiger partial charge in [-0.15, -0.1) is 23.1 Å². The number of nitrogens with zero attached hydrogens (tertiary/aromatic N) is 1. The summed E-state index contributed by atoms with van der Waals surface area (Å²) in [5, 5.41) is 1.83. The van der Waals surface area contributed by atoms with Gasteiger partial charge in [-0.2, -0.15) is 0 Å².